The second-order valence-electron chi connectivity index (χ2n) is 10.7. The minimum Gasteiger partial charge on any atom is -0.744 e. The van der Waals surface area contributed by atoms with Gasteiger partial charge in [0.25, 0.3) is 0 Å². The Balaban J connectivity index is 0.000000210. The maximum absolute atomic E-state index is 10.8. The molecule has 206 valence electrons. The van der Waals surface area contributed by atoms with E-state index < -0.39 is 10.1 Å². The van der Waals surface area contributed by atoms with Crippen LogP contribution in [0.1, 0.15) is 52.9 Å². The molecule has 0 unspecified atom stereocenters. The van der Waals surface area contributed by atoms with Gasteiger partial charge in [-0.15, -0.1) is 0 Å². The number of H-pyrrole nitrogens is 1. The Morgan fingerprint density at radius 2 is 1.45 bits per heavy atom. The number of fused-ring (bicyclic) bond motifs is 8. The van der Waals surface area contributed by atoms with E-state index in [4.69, 9.17) is 4.98 Å². The van der Waals surface area contributed by atoms with Crippen molar-refractivity contribution < 1.29 is 17.5 Å². The first kappa shape index (κ1) is 27.7. The van der Waals surface area contributed by atoms with Crippen molar-refractivity contribution >= 4 is 48.3 Å². The fraction of sp³-hybridized carbons (Fsp3) is 0.273. The lowest BCUT2D eigenvalue weighted by molar-refractivity contribution is -0.552. The maximum Gasteiger partial charge on any atom is 0.246 e. The lowest BCUT2D eigenvalue weighted by Crippen LogP contribution is -2.30. The summed E-state index contributed by atoms with van der Waals surface area (Å²) < 4.78 is 34.7. The van der Waals surface area contributed by atoms with E-state index in [1.54, 1.807) is 26.0 Å². The molecule has 0 fully saturated rings. The molecule has 6 aromatic rings. The standard InChI is InChI=1S/C24H23N3.C9H12O3S/c1-5-16-13-22-23-18-11-14(3)15(4)12-20(18)25-24(23)17-9-7-8-10-21(17)27(22)26-19(16)6-2;1-6-4-7(2)9(8(3)5-6)13(10,11)12/h7-13H,5-6H2,1-4H3;4-5H,1-3H3,(H,10,11,12). The van der Waals surface area contributed by atoms with Crippen molar-refractivity contribution in [3.05, 3.63) is 93.7 Å². The van der Waals surface area contributed by atoms with Gasteiger partial charge in [-0.05, 0) is 93.5 Å². The van der Waals surface area contributed by atoms with Gasteiger partial charge in [0.15, 0.2) is 0 Å². The van der Waals surface area contributed by atoms with E-state index in [9.17, 15) is 13.0 Å². The molecule has 0 saturated carbocycles. The number of pyridine rings is 1. The first-order valence-corrected chi connectivity index (χ1v) is 15.1. The SMILES string of the molecule is CCc1cc2c3c4cc(C)c(C)cc4nc3c3ccccc3[n+]2[nH]c1CC.Cc1cc(C)c(S(=O)(=O)[O-])c(C)c1. The molecule has 3 heterocycles. The summed E-state index contributed by atoms with van der Waals surface area (Å²) in [5.41, 5.74) is 11.9. The van der Waals surface area contributed by atoms with Gasteiger partial charge in [-0.2, -0.15) is 5.10 Å². The molecule has 0 aliphatic carbocycles. The molecule has 0 spiro atoms. The lowest BCUT2D eigenvalue weighted by Gasteiger charge is -2.14. The van der Waals surface area contributed by atoms with E-state index in [0.29, 0.717) is 11.1 Å². The average molecular weight is 554 g/mol. The Morgan fingerprint density at radius 1 is 0.800 bits per heavy atom. The highest BCUT2D eigenvalue weighted by molar-refractivity contribution is 7.85. The van der Waals surface area contributed by atoms with Crippen LogP contribution in [0.5, 0.6) is 0 Å². The van der Waals surface area contributed by atoms with Gasteiger partial charge in [0.2, 0.25) is 11.0 Å². The first-order chi connectivity index (χ1) is 18.9. The summed E-state index contributed by atoms with van der Waals surface area (Å²) in [5.74, 6) is 0. The van der Waals surface area contributed by atoms with Crippen molar-refractivity contribution in [2.24, 2.45) is 0 Å². The number of aromatic amines is 1. The highest BCUT2D eigenvalue weighted by Crippen LogP contribution is 2.34. The maximum atomic E-state index is 10.8. The molecule has 0 radical (unpaired) electrons. The number of para-hydroxylation sites is 1. The van der Waals surface area contributed by atoms with Gasteiger partial charge in [0, 0.05) is 17.5 Å². The molecule has 3 aromatic heterocycles. The fourth-order valence-electron chi connectivity index (χ4n) is 5.86. The first-order valence-electron chi connectivity index (χ1n) is 13.7. The molecule has 1 N–H and O–H groups in total. The van der Waals surface area contributed by atoms with E-state index in [1.807, 2.05) is 6.92 Å². The summed E-state index contributed by atoms with van der Waals surface area (Å²) in [6.45, 7) is 13.9. The minimum atomic E-state index is -4.33. The summed E-state index contributed by atoms with van der Waals surface area (Å²) in [6, 6.07) is 18.8. The molecule has 0 bridgehead atoms. The molecular formula is C33H35N3O3S. The molecule has 0 saturated heterocycles. The van der Waals surface area contributed by atoms with Crippen LogP contribution in [0.2, 0.25) is 0 Å². The second-order valence-corrected chi connectivity index (χ2v) is 12.0. The van der Waals surface area contributed by atoms with Crippen molar-refractivity contribution in [3.8, 4) is 0 Å². The van der Waals surface area contributed by atoms with Crippen LogP contribution in [-0.2, 0) is 23.0 Å². The Kier molecular flexibility index (Phi) is 7.15. The van der Waals surface area contributed by atoms with E-state index in [2.05, 4.69) is 79.8 Å². The Labute approximate surface area is 235 Å². The Morgan fingerprint density at radius 3 is 2.08 bits per heavy atom. The zero-order chi connectivity index (χ0) is 28.9. The molecule has 40 heavy (non-hydrogen) atoms. The third-order valence-corrected chi connectivity index (χ3v) is 8.93. The van der Waals surface area contributed by atoms with Crippen LogP contribution in [0.4, 0.5) is 0 Å². The molecule has 6 nitrogen and oxygen atoms in total. The van der Waals surface area contributed by atoms with E-state index in [0.717, 1.165) is 29.4 Å². The van der Waals surface area contributed by atoms with Crippen LogP contribution in [0.15, 0.2) is 59.5 Å². The van der Waals surface area contributed by atoms with Gasteiger partial charge in [0.1, 0.15) is 10.1 Å². The monoisotopic (exact) mass is 553 g/mol. The minimum absolute atomic E-state index is 0.0851. The molecule has 6 rings (SSSR count). The normalized spacial score (nSPS) is 11.9. The third kappa shape index (κ3) is 4.73. The van der Waals surface area contributed by atoms with Crippen LogP contribution < -0.4 is 4.52 Å². The van der Waals surface area contributed by atoms with Crippen molar-refractivity contribution in [2.75, 3.05) is 0 Å². The van der Waals surface area contributed by atoms with Crippen molar-refractivity contribution in [1.82, 2.24) is 10.1 Å². The van der Waals surface area contributed by atoms with Gasteiger partial charge >= 0.3 is 0 Å². The van der Waals surface area contributed by atoms with Gasteiger partial charge < -0.3 is 4.55 Å². The molecule has 0 aliphatic heterocycles. The van der Waals surface area contributed by atoms with Gasteiger partial charge in [-0.3, -0.25) is 0 Å². The average Bonchev–Trinajstić information content (AvgIpc) is 3.25. The number of hydrogen-bond donors (Lipinski definition) is 1. The summed E-state index contributed by atoms with van der Waals surface area (Å²) in [6.07, 6.45) is 2.02. The quantitative estimate of drug-likeness (QED) is 0.147. The molecule has 0 amide bonds. The van der Waals surface area contributed by atoms with Gasteiger partial charge in [-0.25, -0.2) is 13.4 Å². The number of aromatic nitrogens is 3. The van der Waals surface area contributed by atoms with Crippen LogP contribution in [0.3, 0.4) is 0 Å². The highest BCUT2D eigenvalue weighted by atomic mass is 32.2. The highest BCUT2D eigenvalue weighted by Gasteiger charge is 2.23. The van der Waals surface area contributed by atoms with Crippen LogP contribution in [0, 0.1) is 34.6 Å². The zero-order valence-electron chi connectivity index (χ0n) is 24.1. The zero-order valence-corrected chi connectivity index (χ0v) is 25.0. The smallest absolute Gasteiger partial charge is 0.246 e. The molecular weight excluding hydrogens is 518 g/mol. The predicted octanol–water partition coefficient (Wildman–Crippen LogP) is 6.87. The molecule has 3 aromatic carbocycles. The van der Waals surface area contributed by atoms with Crippen molar-refractivity contribution in [1.29, 1.82) is 0 Å². The van der Waals surface area contributed by atoms with E-state index >= 15 is 0 Å². The largest absolute Gasteiger partial charge is 0.744 e. The Bertz CT molecular complexity index is 2030. The van der Waals surface area contributed by atoms with E-state index in [-0.39, 0.29) is 4.90 Å². The number of rotatable bonds is 3. The summed E-state index contributed by atoms with van der Waals surface area (Å²) in [5, 5.41) is 7.39. The molecule has 0 atom stereocenters. The number of nitrogens with zero attached hydrogens (tertiary/aromatic N) is 2. The third-order valence-electron chi connectivity index (χ3n) is 7.78. The van der Waals surface area contributed by atoms with Crippen molar-refractivity contribution in [3.63, 3.8) is 0 Å². The van der Waals surface area contributed by atoms with Crippen LogP contribution >= 0.6 is 0 Å². The van der Waals surface area contributed by atoms with Crippen LogP contribution in [-0.4, -0.2) is 23.1 Å². The second kappa shape index (κ2) is 10.3. The van der Waals surface area contributed by atoms with Crippen molar-refractivity contribution in [2.45, 2.75) is 66.2 Å². The lowest BCUT2D eigenvalue weighted by atomic mass is 10.0. The summed E-state index contributed by atoms with van der Waals surface area (Å²) >= 11 is 0. The number of nitrogens with one attached hydrogen (secondary N) is 1. The van der Waals surface area contributed by atoms with Crippen LogP contribution in [0.25, 0.3) is 38.2 Å². The number of aryl methyl sites for hydroxylation is 7. The molecule has 7 heteroatoms. The van der Waals surface area contributed by atoms with Gasteiger partial charge in [-0.1, -0.05) is 48.2 Å². The predicted molar refractivity (Wildman–Crippen MR) is 161 cm³/mol. The summed E-state index contributed by atoms with van der Waals surface area (Å²) in [7, 11) is -4.33. The molecule has 0 aliphatic rings. The van der Waals surface area contributed by atoms with E-state index in [1.165, 1.54) is 49.6 Å². The Hall–Kier alpha value is -3.81. The van der Waals surface area contributed by atoms with Gasteiger partial charge in [0.05, 0.1) is 32.4 Å². The summed E-state index contributed by atoms with van der Waals surface area (Å²) in [4.78, 5) is 4.98. The number of benzene rings is 3. The fourth-order valence-corrected chi connectivity index (χ4v) is 6.77. The number of hydrogen-bond acceptors (Lipinski definition) is 4. The topological polar surface area (TPSA) is 90.0 Å².